The van der Waals surface area contributed by atoms with Crippen LogP contribution in [0.1, 0.15) is 78.1 Å². The van der Waals surface area contributed by atoms with Crippen LogP contribution in [0.3, 0.4) is 0 Å². The number of carbonyl (C=O) groups excluding carboxylic acids is 2. The zero-order chi connectivity index (χ0) is 28.0. The molecule has 208 valence electrons. The summed E-state index contributed by atoms with van der Waals surface area (Å²) in [6, 6.07) is 8.79. The first kappa shape index (κ1) is 28.5. The summed E-state index contributed by atoms with van der Waals surface area (Å²) < 4.78 is 18.5. The Hall–Kier alpha value is -2.48. The van der Waals surface area contributed by atoms with Gasteiger partial charge in [-0.15, -0.1) is 0 Å². The third kappa shape index (κ3) is 5.21. The molecule has 1 aromatic rings. The number of hydrogen-bond acceptors (Lipinski definition) is 7. The van der Waals surface area contributed by atoms with Crippen molar-refractivity contribution in [3.8, 4) is 0 Å². The summed E-state index contributed by atoms with van der Waals surface area (Å²) in [6.45, 7) is 13.2. The minimum atomic E-state index is -1.20. The molecule has 0 spiro atoms. The van der Waals surface area contributed by atoms with Gasteiger partial charge in [-0.1, -0.05) is 50.6 Å². The van der Waals surface area contributed by atoms with Crippen molar-refractivity contribution in [1.29, 1.82) is 0 Å². The van der Waals surface area contributed by atoms with Gasteiger partial charge in [0.25, 0.3) is 0 Å². The highest BCUT2D eigenvalue weighted by molar-refractivity contribution is 5.89. The summed E-state index contributed by atoms with van der Waals surface area (Å²) in [4.78, 5) is 26.2. The number of aliphatic hydroxyl groups excluding tert-OH is 2. The fourth-order valence-corrected chi connectivity index (χ4v) is 6.37. The number of rotatable bonds is 4. The summed E-state index contributed by atoms with van der Waals surface area (Å²) >= 11 is 0. The summed E-state index contributed by atoms with van der Waals surface area (Å²) in [7, 11) is 0. The first-order valence-electron chi connectivity index (χ1n) is 13.6. The molecule has 1 aliphatic heterocycles. The third-order valence-corrected chi connectivity index (χ3v) is 8.67. The third-order valence-electron chi connectivity index (χ3n) is 8.67. The van der Waals surface area contributed by atoms with Gasteiger partial charge in [0, 0.05) is 11.3 Å². The van der Waals surface area contributed by atoms with E-state index in [2.05, 4.69) is 0 Å². The van der Waals surface area contributed by atoms with Crippen LogP contribution in [-0.4, -0.2) is 58.3 Å². The number of allylic oxidation sites excluding steroid dienone is 2. The van der Waals surface area contributed by atoms with Crippen molar-refractivity contribution in [2.24, 2.45) is 17.3 Å². The van der Waals surface area contributed by atoms with E-state index in [0.29, 0.717) is 30.4 Å². The van der Waals surface area contributed by atoms with Crippen molar-refractivity contribution in [1.82, 2.24) is 0 Å². The molecule has 4 rings (SSSR count). The Morgan fingerprint density at radius 1 is 1.08 bits per heavy atom. The van der Waals surface area contributed by atoms with Crippen molar-refractivity contribution >= 4 is 11.9 Å². The van der Waals surface area contributed by atoms with E-state index in [4.69, 9.17) is 14.2 Å². The maximum Gasteiger partial charge on any atom is 0.338 e. The Bertz CT molecular complexity index is 1120. The molecule has 2 aliphatic carbocycles. The molecule has 7 heteroatoms. The quantitative estimate of drug-likeness (QED) is 0.331. The average Bonchev–Trinajstić information content (AvgIpc) is 3.43. The highest BCUT2D eigenvalue weighted by atomic mass is 16.6. The minimum absolute atomic E-state index is 0.315. The van der Waals surface area contributed by atoms with E-state index in [-0.39, 0.29) is 18.0 Å². The fraction of sp³-hybridized carbons (Fsp3) is 0.613. The lowest BCUT2D eigenvalue weighted by Gasteiger charge is -2.42. The second kappa shape index (κ2) is 10.6. The van der Waals surface area contributed by atoms with Gasteiger partial charge in [0.1, 0.15) is 24.4 Å². The molecule has 0 radical (unpaired) electrons. The van der Waals surface area contributed by atoms with Crippen LogP contribution < -0.4 is 0 Å². The normalized spacial score (nSPS) is 38.3. The van der Waals surface area contributed by atoms with Gasteiger partial charge in [-0.2, -0.15) is 0 Å². The van der Waals surface area contributed by atoms with Gasteiger partial charge < -0.3 is 24.4 Å². The first-order chi connectivity index (χ1) is 17.8. The number of hydrogen-bond donors (Lipinski definition) is 2. The molecule has 0 amide bonds. The molecule has 1 unspecified atom stereocenters. The molecule has 2 fully saturated rings. The summed E-state index contributed by atoms with van der Waals surface area (Å²) in [6.07, 6.45) is -0.459. The maximum atomic E-state index is 13.2. The van der Waals surface area contributed by atoms with Gasteiger partial charge in [-0.25, -0.2) is 4.79 Å². The lowest BCUT2D eigenvalue weighted by atomic mass is 9.67. The van der Waals surface area contributed by atoms with E-state index in [9.17, 15) is 19.8 Å². The van der Waals surface area contributed by atoms with Crippen molar-refractivity contribution in [2.75, 3.05) is 0 Å². The molecule has 2 N–H and O–H groups in total. The Morgan fingerprint density at radius 2 is 1.74 bits per heavy atom. The van der Waals surface area contributed by atoms with E-state index in [0.717, 1.165) is 11.1 Å². The Morgan fingerprint density at radius 3 is 2.34 bits per heavy atom. The van der Waals surface area contributed by atoms with Crippen LogP contribution in [0.25, 0.3) is 0 Å². The second-order valence-corrected chi connectivity index (χ2v) is 12.2. The van der Waals surface area contributed by atoms with Gasteiger partial charge in [-0.05, 0) is 70.2 Å². The van der Waals surface area contributed by atoms with Crippen molar-refractivity contribution in [3.63, 3.8) is 0 Å². The minimum Gasteiger partial charge on any atom is -0.459 e. The Labute approximate surface area is 225 Å². The average molecular weight is 527 g/mol. The molecular weight excluding hydrogens is 484 g/mol. The molecule has 1 saturated heterocycles. The zero-order valence-corrected chi connectivity index (χ0v) is 23.6. The lowest BCUT2D eigenvalue weighted by molar-refractivity contribution is -0.167. The van der Waals surface area contributed by atoms with Crippen LogP contribution in [0.5, 0.6) is 0 Å². The fourth-order valence-electron chi connectivity index (χ4n) is 6.37. The molecular formula is C31H42O7. The van der Waals surface area contributed by atoms with Crippen LogP contribution in [0.15, 0.2) is 53.1 Å². The molecule has 1 heterocycles. The van der Waals surface area contributed by atoms with E-state index in [1.54, 1.807) is 38.1 Å². The SMILES string of the molecule is CC(C)=C1[C@@H]2[C@H](O)[C@@H](O)/C(C)=C\CC[C@]3(C)O[C@H]3C(OC(=O)C(C)C)[C@@]2(C)C[C@H]1OC(=O)c1ccccc1. The molecule has 1 saturated carbocycles. The highest BCUT2D eigenvalue weighted by Crippen LogP contribution is 2.59. The first-order valence-corrected chi connectivity index (χ1v) is 13.6. The molecule has 0 aromatic heterocycles. The van der Waals surface area contributed by atoms with Crippen LogP contribution in [0.2, 0.25) is 0 Å². The zero-order valence-electron chi connectivity index (χ0n) is 23.6. The number of benzene rings is 1. The van der Waals surface area contributed by atoms with E-state index in [1.807, 2.05) is 46.8 Å². The number of aliphatic hydroxyl groups is 2. The van der Waals surface area contributed by atoms with E-state index < -0.39 is 47.3 Å². The van der Waals surface area contributed by atoms with Crippen molar-refractivity contribution in [3.05, 3.63) is 58.7 Å². The predicted molar refractivity (Wildman–Crippen MR) is 143 cm³/mol. The number of carbonyl (C=O) groups is 2. The number of ether oxygens (including phenoxy) is 3. The van der Waals surface area contributed by atoms with E-state index >= 15 is 0 Å². The Balaban J connectivity index is 1.83. The maximum absolute atomic E-state index is 13.2. The molecule has 1 aromatic carbocycles. The van der Waals surface area contributed by atoms with Crippen molar-refractivity contribution < 1.29 is 34.0 Å². The number of epoxide rings is 1. The van der Waals surface area contributed by atoms with Crippen LogP contribution >= 0.6 is 0 Å². The van der Waals surface area contributed by atoms with Gasteiger partial charge in [0.15, 0.2) is 0 Å². The molecule has 38 heavy (non-hydrogen) atoms. The Kier molecular flexibility index (Phi) is 7.95. The number of esters is 2. The van der Waals surface area contributed by atoms with E-state index in [1.165, 1.54) is 0 Å². The topological polar surface area (TPSA) is 106 Å². The lowest BCUT2D eigenvalue weighted by Crippen LogP contribution is -2.50. The highest BCUT2D eigenvalue weighted by Gasteiger charge is 2.67. The van der Waals surface area contributed by atoms with Gasteiger partial charge in [-0.3, -0.25) is 4.79 Å². The summed E-state index contributed by atoms with van der Waals surface area (Å²) in [5.41, 5.74) is 1.36. The molecule has 0 bridgehead atoms. The summed E-state index contributed by atoms with van der Waals surface area (Å²) in [5.74, 6) is -1.81. The van der Waals surface area contributed by atoms with Crippen LogP contribution in [0.4, 0.5) is 0 Å². The van der Waals surface area contributed by atoms with Crippen LogP contribution in [0, 0.1) is 17.3 Å². The summed E-state index contributed by atoms with van der Waals surface area (Å²) in [5, 5.41) is 23.0. The molecule has 7 nitrogen and oxygen atoms in total. The van der Waals surface area contributed by atoms with Crippen molar-refractivity contribution in [2.45, 2.75) is 104 Å². The standard InChI is InChI=1S/C31H42O7/c1-17(2)22-21(36-29(35)20-13-9-8-10-14-20)16-30(6)23(22)25(33)24(32)19(5)12-11-15-31(7)27(38-31)26(30)37-28(34)18(3)4/h8-10,12-14,18,21,23-27,32-33H,11,15-16H2,1-7H3/b19-12-/t21-,23-,24+,25+,26?,27+,30+,31+/m1/s1. The molecule has 3 aliphatic rings. The largest absolute Gasteiger partial charge is 0.459 e. The van der Waals surface area contributed by atoms with Gasteiger partial charge in [0.05, 0.1) is 23.2 Å². The molecule has 8 atom stereocenters. The predicted octanol–water partition coefficient (Wildman–Crippen LogP) is 4.76. The monoisotopic (exact) mass is 526 g/mol. The van der Waals surface area contributed by atoms with Crippen LogP contribution in [-0.2, 0) is 19.0 Å². The second-order valence-electron chi connectivity index (χ2n) is 12.2. The number of fused-ring (bicyclic) bond motifs is 2. The van der Waals surface area contributed by atoms with Gasteiger partial charge >= 0.3 is 11.9 Å². The smallest absolute Gasteiger partial charge is 0.338 e. The van der Waals surface area contributed by atoms with Gasteiger partial charge in [0.2, 0.25) is 0 Å².